The molecule has 0 atom stereocenters. The molecule has 170 valence electrons. The fraction of sp³-hybridized carbons (Fsp3) is 0. The van der Waals surface area contributed by atoms with Gasteiger partial charge in [-0.15, -0.1) is 22.7 Å². The van der Waals surface area contributed by atoms with Crippen molar-refractivity contribution in [3.63, 3.8) is 0 Å². The largest absolute Gasteiger partial charge is 0.321 e. The second kappa shape index (κ2) is 9.31. The summed E-state index contributed by atoms with van der Waals surface area (Å²) in [6.45, 7) is 0. The van der Waals surface area contributed by atoms with Crippen molar-refractivity contribution < 1.29 is 21.6 Å². The highest BCUT2D eigenvalue weighted by Gasteiger charge is 2.20. The highest BCUT2D eigenvalue weighted by molar-refractivity contribution is 7.93. The van der Waals surface area contributed by atoms with E-state index in [1.54, 1.807) is 29.0 Å². The Morgan fingerprint density at radius 3 is 2.09 bits per heavy atom. The molecule has 4 aromatic rings. The van der Waals surface area contributed by atoms with Gasteiger partial charge in [0.2, 0.25) is 0 Å². The summed E-state index contributed by atoms with van der Waals surface area (Å²) in [7, 11) is -7.67. The zero-order chi connectivity index (χ0) is 23.5. The molecular formula is C20H16N4O5S4. The number of amides is 1. The van der Waals surface area contributed by atoms with Gasteiger partial charge < -0.3 is 5.32 Å². The van der Waals surface area contributed by atoms with Gasteiger partial charge in [-0.2, -0.15) is 0 Å². The smallest absolute Gasteiger partial charge is 0.267 e. The molecule has 0 aliphatic carbocycles. The number of hydrogen-bond donors (Lipinski definition) is 3. The van der Waals surface area contributed by atoms with Gasteiger partial charge in [-0.25, -0.2) is 21.8 Å². The second-order valence-corrected chi connectivity index (χ2v) is 11.7. The van der Waals surface area contributed by atoms with Gasteiger partial charge in [-0.3, -0.25) is 14.2 Å². The molecule has 33 heavy (non-hydrogen) atoms. The summed E-state index contributed by atoms with van der Waals surface area (Å²) in [5, 5.41) is 6.13. The summed E-state index contributed by atoms with van der Waals surface area (Å²) in [5.41, 5.74) is 0.492. The first-order valence-corrected chi connectivity index (χ1v) is 14.0. The van der Waals surface area contributed by atoms with Gasteiger partial charge in [0.1, 0.15) is 4.88 Å². The number of thiazole rings is 1. The van der Waals surface area contributed by atoms with Crippen LogP contribution in [0, 0.1) is 0 Å². The van der Waals surface area contributed by atoms with Crippen molar-refractivity contribution in [1.82, 2.24) is 4.98 Å². The SMILES string of the molecule is O=C(Nc1ccc(S(=O)(=O)Nc2nccs2)cc1)c1sccc1NS(=O)(=O)c1ccccc1. The summed E-state index contributed by atoms with van der Waals surface area (Å²) >= 11 is 2.22. The number of carbonyl (C=O) groups is 1. The third-order valence-corrected chi connectivity index (χ3v) is 8.71. The second-order valence-electron chi connectivity index (χ2n) is 6.50. The van der Waals surface area contributed by atoms with Gasteiger partial charge in [0.15, 0.2) is 5.13 Å². The average molecular weight is 521 g/mol. The third kappa shape index (κ3) is 5.39. The molecule has 0 saturated heterocycles. The van der Waals surface area contributed by atoms with Crippen molar-refractivity contribution >= 4 is 65.1 Å². The normalized spacial score (nSPS) is 11.6. The molecule has 2 heterocycles. The van der Waals surface area contributed by atoms with Crippen LogP contribution in [0.15, 0.2) is 87.4 Å². The number of rotatable bonds is 8. The van der Waals surface area contributed by atoms with Crippen LogP contribution in [0.4, 0.5) is 16.5 Å². The van der Waals surface area contributed by atoms with Crippen molar-refractivity contribution in [1.29, 1.82) is 0 Å². The Bertz CT molecular complexity index is 1460. The number of hydrogen-bond acceptors (Lipinski definition) is 8. The Kier molecular flexibility index (Phi) is 6.47. The molecule has 13 heteroatoms. The fourth-order valence-electron chi connectivity index (χ4n) is 2.72. The molecule has 0 aliphatic rings. The number of thiophene rings is 1. The number of nitrogens with one attached hydrogen (secondary N) is 3. The predicted octanol–water partition coefficient (Wildman–Crippen LogP) is 4.06. The number of benzene rings is 2. The molecule has 0 unspecified atom stereocenters. The van der Waals surface area contributed by atoms with Crippen molar-refractivity contribution in [3.05, 3.63) is 82.5 Å². The van der Waals surface area contributed by atoms with Crippen LogP contribution in [0.2, 0.25) is 0 Å². The molecule has 2 aromatic carbocycles. The lowest BCUT2D eigenvalue weighted by molar-refractivity contribution is 0.103. The molecule has 2 aromatic heterocycles. The van der Waals surface area contributed by atoms with E-state index in [-0.39, 0.29) is 25.5 Å². The summed E-state index contributed by atoms with van der Waals surface area (Å²) in [6, 6.07) is 14.9. The van der Waals surface area contributed by atoms with E-state index in [2.05, 4.69) is 19.7 Å². The minimum atomic E-state index is -3.86. The minimum Gasteiger partial charge on any atom is -0.321 e. The molecule has 4 rings (SSSR count). The summed E-state index contributed by atoms with van der Waals surface area (Å²) in [5.74, 6) is -0.535. The average Bonchev–Trinajstić information content (AvgIpc) is 3.46. The zero-order valence-electron chi connectivity index (χ0n) is 16.6. The molecule has 0 aliphatic heterocycles. The van der Waals surface area contributed by atoms with Crippen LogP contribution >= 0.6 is 22.7 Å². The summed E-state index contributed by atoms with van der Waals surface area (Å²) in [4.78, 5) is 16.9. The first-order valence-electron chi connectivity index (χ1n) is 9.24. The molecule has 0 fully saturated rings. The number of nitrogens with zero attached hydrogens (tertiary/aromatic N) is 1. The van der Waals surface area contributed by atoms with Crippen LogP contribution in [0.1, 0.15) is 9.67 Å². The number of aromatic nitrogens is 1. The molecule has 3 N–H and O–H groups in total. The number of sulfonamides is 2. The number of carbonyl (C=O) groups excluding carboxylic acids is 1. The van der Waals surface area contributed by atoms with E-state index in [1.807, 2.05) is 0 Å². The summed E-state index contributed by atoms with van der Waals surface area (Å²) < 4.78 is 54.8. The van der Waals surface area contributed by atoms with Gasteiger partial charge in [0.25, 0.3) is 26.0 Å². The molecular weight excluding hydrogens is 505 g/mol. The van der Waals surface area contributed by atoms with E-state index in [9.17, 15) is 21.6 Å². The lowest BCUT2D eigenvalue weighted by Gasteiger charge is -2.10. The maximum Gasteiger partial charge on any atom is 0.267 e. The van der Waals surface area contributed by atoms with Crippen LogP contribution in [0.3, 0.4) is 0 Å². The van der Waals surface area contributed by atoms with Crippen molar-refractivity contribution in [2.24, 2.45) is 0 Å². The first kappa shape index (κ1) is 22.9. The summed E-state index contributed by atoms with van der Waals surface area (Å²) in [6.07, 6.45) is 1.49. The van der Waals surface area contributed by atoms with Crippen molar-refractivity contribution in [2.75, 3.05) is 14.8 Å². The topological polar surface area (TPSA) is 134 Å². The van der Waals surface area contributed by atoms with Crippen molar-refractivity contribution in [3.8, 4) is 0 Å². The predicted molar refractivity (Wildman–Crippen MR) is 129 cm³/mol. The maximum absolute atomic E-state index is 12.7. The molecule has 9 nitrogen and oxygen atoms in total. The van der Waals surface area contributed by atoms with Crippen LogP contribution < -0.4 is 14.8 Å². The van der Waals surface area contributed by atoms with E-state index >= 15 is 0 Å². The first-order chi connectivity index (χ1) is 15.7. The Morgan fingerprint density at radius 2 is 1.42 bits per heavy atom. The van der Waals surface area contributed by atoms with Gasteiger partial charge in [-0.05, 0) is 47.8 Å². The van der Waals surface area contributed by atoms with E-state index in [0.29, 0.717) is 5.69 Å². The van der Waals surface area contributed by atoms with Crippen LogP contribution in [0.5, 0.6) is 0 Å². The lowest BCUT2D eigenvalue weighted by atomic mass is 10.3. The highest BCUT2D eigenvalue weighted by atomic mass is 32.2. The van der Waals surface area contributed by atoms with E-state index in [0.717, 1.165) is 22.7 Å². The third-order valence-electron chi connectivity index (χ3n) is 4.25. The fourth-order valence-corrected chi connectivity index (χ4v) is 6.41. The Morgan fingerprint density at radius 1 is 0.758 bits per heavy atom. The van der Waals surface area contributed by atoms with Crippen LogP contribution in [0.25, 0.3) is 0 Å². The molecule has 0 spiro atoms. The lowest BCUT2D eigenvalue weighted by Crippen LogP contribution is -2.17. The van der Waals surface area contributed by atoms with Gasteiger partial charge in [0, 0.05) is 17.3 Å². The van der Waals surface area contributed by atoms with Crippen LogP contribution in [-0.4, -0.2) is 27.7 Å². The van der Waals surface area contributed by atoms with E-state index in [4.69, 9.17) is 0 Å². The molecule has 0 radical (unpaired) electrons. The quantitative estimate of drug-likeness (QED) is 0.321. The maximum atomic E-state index is 12.7. The van der Waals surface area contributed by atoms with E-state index < -0.39 is 26.0 Å². The Balaban J connectivity index is 1.47. The zero-order valence-corrected chi connectivity index (χ0v) is 19.9. The Labute approximate surface area is 198 Å². The minimum absolute atomic E-state index is 0.00290. The van der Waals surface area contributed by atoms with Gasteiger partial charge in [0.05, 0.1) is 15.5 Å². The molecule has 0 saturated carbocycles. The van der Waals surface area contributed by atoms with Gasteiger partial charge in [-0.1, -0.05) is 18.2 Å². The highest BCUT2D eigenvalue weighted by Crippen LogP contribution is 2.27. The van der Waals surface area contributed by atoms with Crippen LogP contribution in [-0.2, 0) is 20.0 Å². The van der Waals surface area contributed by atoms with Crippen molar-refractivity contribution in [2.45, 2.75) is 9.79 Å². The molecule has 0 bridgehead atoms. The number of anilines is 3. The monoisotopic (exact) mass is 520 g/mol. The standard InChI is InChI=1S/C20H16N4O5S4/c25-19(18-17(10-12-30-18)23-32(26,27)15-4-2-1-3-5-15)22-14-6-8-16(9-7-14)33(28,29)24-20-21-11-13-31-20/h1-13,23H,(H,21,24)(H,22,25). The Hall–Kier alpha value is -3.26. The molecule has 1 amide bonds. The van der Waals surface area contributed by atoms with E-state index in [1.165, 1.54) is 48.7 Å². The van der Waals surface area contributed by atoms with Gasteiger partial charge >= 0.3 is 0 Å².